The first kappa shape index (κ1) is 14.1. The van der Waals surface area contributed by atoms with Crippen molar-refractivity contribution in [3.63, 3.8) is 0 Å². The molecule has 0 radical (unpaired) electrons. The van der Waals surface area contributed by atoms with Crippen LogP contribution < -0.4 is 16.4 Å². The largest absolute Gasteiger partial charge is 0.380 e. The molecule has 0 aliphatic heterocycles. The third-order valence-electron chi connectivity index (χ3n) is 2.20. The molecule has 4 N–H and O–H groups in total. The van der Waals surface area contributed by atoms with Crippen LogP contribution in [0.5, 0.6) is 0 Å². The SMILES string of the molecule is COCc1ccccc1NC(=O)C(=O)NCCN. The highest BCUT2D eigenvalue weighted by molar-refractivity contribution is 6.39. The van der Waals surface area contributed by atoms with Crippen molar-refractivity contribution in [3.8, 4) is 0 Å². The summed E-state index contributed by atoms with van der Waals surface area (Å²) in [5.41, 5.74) is 6.60. The Balaban J connectivity index is 2.66. The zero-order valence-electron chi connectivity index (χ0n) is 10.2. The normalized spacial score (nSPS) is 9.89. The van der Waals surface area contributed by atoms with Crippen LogP contribution >= 0.6 is 0 Å². The van der Waals surface area contributed by atoms with Crippen molar-refractivity contribution >= 4 is 17.5 Å². The van der Waals surface area contributed by atoms with Gasteiger partial charge in [0.1, 0.15) is 0 Å². The van der Waals surface area contributed by atoms with Crippen molar-refractivity contribution in [1.82, 2.24) is 5.32 Å². The summed E-state index contributed by atoms with van der Waals surface area (Å²) in [7, 11) is 1.56. The second kappa shape index (κ2) is 7.41. The Morgan fingerprint density at radius 2 is 2.00 bits per heavy atom. The van der Waals surface area contributed by atoms with E-state index in [-0.39, 0.29) is 6.54 Å². The molecule has 1 rings (SSSR count). The Morgan fingerprint density at radius 1 is 1.28 bits per heavy atom. The first-order valence-electron chi connectivity index (χ1n) is 5.55. The van der Waals surface area contributed by atoms with E-state index < -0.39 is 11.8 Å². The molecular weight excluding hydrogens is 234 g/mol. The quantitative estimate of drug-likeness (QED) is 0.634. The molecule has 0 aromatic heterocycles. The summed E-state index contributed by atoms with van der Waals surface area (Å²) < 4.78 is 5.01. The van der Waals surface area contributed by atoms with Gasteiger partial charge in [0.05, 0.1) is 6.61 Å². The van der Waals surface area contributed by atoms with E-state index in [0.29, 0.717) is 18.8 Å². The molecule has 0 unspecified atom stereocenters. The van der Waals surface area contributed by atoms with Crippen molar-refractivity contribution in [2.75, 3.05) is 25.5 Å². The Labute approximate surface area is 105 Å². The molecule has 1 aromatic rings. The van der Waals surface area contributed by atoms with E-state index in [4.69, 9.17) is 10.5 Å². The van der Waals surface area contributed by atoms with Gasteiger partial charge in [-0.1, -0.05) is 18.2 Å². The van der Waals surface area contributed by atoms with Crippen molar-refractivity contribution < 1.29 is 14.3 Å². The second-order valence-corrected chi connectivity index (χ2v) is 3.59. The van der Waals surface area contributed by atoms with Gasteiger partial charge in [-0.3, -0.25) is 9.59 Å². The fourth-order valence-electron chi connectivity index (χ4n) is 1.37. The van der Waals surface area contributed by atoms with Crippen LogP contribution in [0.15, 0.2) is 24.3 Å². The molecule has 0 aliphatic rings. The molecule has 0 spiro atoms. The van der Waals surface area contributed by atoms with Gasteiger partial charge in [-0.05, 0) is 6.07 Å². The number of amides is 2. The average molecular weight is 251 g/mol. The summed E-state index contributed by atoms with van der Waals surface area (Å²) in [4.78, 5) is 22.9. The van der Waals surface area contributed by atoms with Crippen molar-refractivity contribution in [3.05, 3.63) is 29.8 Å². The molecule has 6 heteroatoms. The van der Waals surface area contributed by atoms with E-state index in [0.717, 1.165) is 5.56 Å². The standard InChI is InChI=1S/C12H17N3O3/c1-18-8-9-4-2-3-5-10(9)15-12(17)11(16)14-7-6-13/h2-5H,6-8,13H2,1H3,(H,14,16)(H,15,17). The highest BCUT2D eigenvalue weighted by Crippen LogP contribution is 2.15. The molecule has 0 atom stereocenters. The molecule has 0 fully saturated rings. The van der Waals surface area contributed by atoms with Gasteiger partial charge < -0.3 is 21.1 Å². The Morgan fingerprint density at radius 3 is 2.67 bits per heavy atom. The highest BCUT2D eigenvalue weighted by Gasteiger charge is 2.14. The first-order valence-corrected chi connectivity index (χ1v) is 5.55. The first-order chi connectivity index (χ1) is 8.69. The summed E-state index contributed by atoms with van der Waals surface area (Å²) in [6.07, 6.45) is 0. The van der Waals surface area contributed by atoms with Gasteiger partial charge in [-0.25, -0.2) is 0 Å². The van der Waals surface area contributed by atoms with Gasteiger partial charge in [-0.15, -0.1) is 0 Å². The van der Waals surface area contributed by atoms with Crippen LogP contribution in [0.1, 0.15) is 5.56 Å². The molecule has 0 saturated heterocycles. The minimum atomic E-state index is -0.716. The maximum absolute atomic E-state index is 11.6. The van der Waals surface area contributed by atoms with Gasteiger partial charge in [0.15, 0.2) is 0 Å². The summed E-state index contributed by atoms with van der Waals surface area (Å²) in [5, 5.41) is 4.93. The van der Waals surface area contributed by atoms with Crippen LogP contribution in [-0.2, 0) is 20.9 Å². The van der Waals surface area contributed by atoms with E-state index in [9.17, 15) is 9.59 Å². The topological polar surface area (TPSA) is 93.4 Å². The number of methoxy groups -OCH3 is 1. The second-order valence-electron chi connectivity index (χ2n) is 3.59. The summed E-state index contributed by atoms with van der Waals surface area (Å²) in [5.74, 6) is -1.42. The summed E-state index contributed by atoms with van der Waals surface area (Å²) >= 11 is 0. The minimum Gasteiger partial charge on any atom is -0.380 e. The van der Waals surface area contributed by atoms with Crippen molar-refractivity contribution in [2.45, 2.75) is 6.61 Å². The van der Waals surface area contributed by atoms with Crippen LogP contribution in [0, 0.1) is 0 Å². The minimum absolute atomic E-state index is 0.270. The predicted octanol–water partition coefficient (Wildman–Crippen LogP) is -0.154. The number of carbonyl (C=O) groups is 2. The summed E-state index contributed by atoms with van der Waals surface area (Å²) in [6, 6.07) is 7.13. The molecule has 0 heterocycles. The van der Waals surface area contributed by atoms with E-state index in [2.05, 4.69) is 10.6 Å². The fourth-order valence-corrected chi connectivity index (χ4v) is 1.37. The third kappa shape index (κ3) is 4.15. The molecule has 6 nitrogen and oxygen atoms in total. The third-order valence-corrected chi connectivity index (χ3v) is 2.20. The van der Waals surface area contributed by atoms with Crippen molar-refractivity contribution in [1.29, 1.82) is 0 Å². The van der Waals surface area contributed by atoms with Crippen LogP contribution in [0.25, 0.3) is 0 Å². The smallest absolute Gasteiger partial charge is 0.313 e. The van der Waals surface area contributed by atoms with Crippen LogP contribution in [0.3, 0.4) is 0 Å². The molecule has 98 valence electrons. The van der Waals surface area contributed by atoms with Gasteiger partial charge in [-0.2, -0.15) is 0 Å². The number of carbonyl (C=O) groups excluding carboxylic acids is 2. The number of hydrogen-bond donors (Lipinski definition) is 3. The maximum atomic E-state index is 11.6. The fraction of sp³-hybridized carbons (Fsp3) is 0.333. The van der Waals surface area contributed by atoms with Crippen LogP contribution in [0.4, 0.5) is 5.69 Å². The monoisotopic (exact) mass is 251 g/mol. The Kier molecular flexibility index (Phi) is 5.83. The number of benzene rings is 1. The summed E-state index contributed by atoms with van der Waals surface area (Å²) in [6.45, 7) is 0.923. The molecule has 0 saturated carbocycles. The van der Waals surface area contributed by atoms with Crippen molar-refractivity contribution in [2.24, 2.45) is 5.73 Å². The predicted molar refractivity (Wildman–Crippen MR) is 67.8 cm³/mol. The van der Waals surface area contributed by atoms with E-state index >= 15 is 0 Å². The van der Waals surface area contributed by atoms with E-state index in [1.54, 1.807) is 19.2 Å². The molecule has 2 amide bonds. The molecule has 18 heavy (non-hydrogen) atoms. The maximum Gasteiger partial charge on any atom is 0.313 e. The number of anilines is 1. The number of nitrogens with two attached hydrogens (primary N) is 1. The van der Waals surface area contributed by atoms with Gasteiger partial charge in [0, 0.05) is 31.5 Å². The molecule has 1 aromatic carbocycles. The zero-order chi connectivity index (χ0) is 13.4. The van der Waals surface area contributed by atoms with Gasteiger partial charge in [0.2, 0.25) is 0 Å². The van der Waals surface area contributed by atoms with Crippen LogP contribution in [0.2, 0.25) is 0 Å². The average Bonchev–Trinajstić information content (AvgIpc) is 2.38. The lowest BCUT2D eigenvalue weighted by Crippen LogP contribution is -2.38. The Hall–Kier alpha value is -1.92. The number of hydrogen-bond acceptors (Lipinski definition) is 4. The van der Waals surface area contributed by atoms with E-state index in [1.165, 1.54) is 0 Å². The number of para-hydroxylation sites is 1. The Bertz CT molecular complexity index is 421. The van der Waals surface area contributed by atoms with Gasteiger partial charge >= 0.3 is 11.8 Å². The lowest BCUT2D eigenvalue weighted by atomic mass is 10.2. The number of rotatable bonds is 5. The lowest BCUT2D eigenvalue weighted by Gasteiger charge is -2.10. The van der Waals surface area contributed by atoms with Crippen LogP contribution in [-0.4, -0.2) is 32.0 Å². The zero-order valence-corrected chi connectivity index (χ0v) is 10.2. The molecular formula is C12H17N3O3. The molecule has 0 aliphatic carbocycles. The molecule has 0 bridgehead atoms. The van der Waals surface area contributed by atoms with E-state index in [1.807, 2.05) is 12.1 Å². The lowest BCUT2D eigenvalue weighted by molar-refractivity contribution is -0.136. The highest BCUT2D eigenvalue weighted by atomic mass is 16.5. The number of nitrogens with one attached hydrogen (secondary N) is 2. The van der Waals surface area contributed by atoms with Gasteiger partial charge in [0.25, 0.3) is 0 Å². The number of ether oxygens (including phenoxy) is 1.